The lowest BCUT2D eigenvalue weighted by Gasteiger charge is -2.28. The fourth-order valence-corrected chi connectivity index (χ4v) is 1.72. The summed E-state index contributed by atoms with van der Waals surface area (Å²) >= 11 is 0. The highest BCUT2D eigenvalue weighted by molar-refractivity contribution is 5.76. The summed E-state index contributed by atoms with van der Waals surface area (Å²) in [6, 6.07) is 0. The number of unbranched alkanes of at least 4 members (excludes halogenated alkanes) is 1. The zero-order valence-corrected chi connectivity index (χ0v) is 9.51. The van der Waals surface area contributed by atoms with Crippen LogP contribution in [-0.2, 0) is 9.53 Å². The Bertz CT molecular complexity index is 162. The molecule has 0 spiro atoms. The lowest BCUT2D eigenvalue weighted by Crippen LogP contribution is -2.32. The van der Waals surface area contributed by atoms with Crippen LogP contribution in [0.15, 0.2) is 0 Å². The number of aliphatic hydroxyl groups excluding tert-OH is 1. The van der Waals surface area contributed by atoms with E-state index in [1.807, 2.05) is 13.8 Å². The van der Waals surface area contributed by atoms with Crippen molar-refractivity contribution in [3.8, 4) is 0 Å². The van der Waals surface area contributed by atoms with Crippen LogP contribution in [0.1, 0.15) is 52.9 Å². The maximum atomic E-state index is 11.7. The molecule has 0 amide bonds. The molecule has 0 aromatic rings. The molecule has 0 aliphatic heterocycles. The largest absolute Gasteiger partial charge is 0.438 e. The lowest BCUT2D eigenvalue weighted by molar-refractivity contribution is -0.165. The summed E-state index contributed by atoms with van der Waals surface area (Å²) in [4.78, 5) is 11.7. The van der Waals surface area contributed by atoms with Gasteiger partial charge in [-0.2, -0.15) is 0 Å². The second-order valence-electron chi connectivity index (χ2n) is 3.65. The van der Waals surface area contributed by atoms with E-state index in [0.29, 0.717) is 0 Å². The first-order valence-corrected chi connectivity index (χ1v) is 5.45. The summed E-state index contributed by atoms with van der Waals surface area (Å²) in [5.41, 5.74) is -0.376. The number of hydrogen-bond acceptors (Lipinski definition) is 3. The van der Waals surface area contributed by atoms with Gasteiger partial charge in [-0.3, -0.25) is 4.79 Å². The van der Waals surface area contributed by atoms with E-state index in [-0.39, 0.29) is 11.4 Å². The van der Waals surface area contributed by atoms with Gasteiger partial charge >= 0.3 is 5.97 Å². The Morgan fingerprint density at radius 2 is 1.86 bits per heavy atom. The zero-order valence-electron chi connectivity index (χ0n) is 9.51. The Morgan fingerprint density at radius 1 is 1.29 bits per heavy atom. The van der Waals surface area contributed by atoms with Crippen LogP contribution in [0, 0.1) is 5.41 Å². The van der Waals surface area contributed by atoms with Gasteiger partial charge in [-0.1, -0.05) is 33.6 Å². The van der Waals surface area contributed by atoms with Gasteiger partial charge in [0.15, 0.2) is 6.79 Å². The van der Waals surface area contributed by atoms with Gasteiger partial charge in [0, 0.05) is 0 Å². The van der Waals surface area contributed by atoms with E-state index in [2.05, 4.69) is 6.92 Å². The summed E-state index contributed by atoms with van der Waals surface area (Å²) < 4.78 is 4.70. The van der Waals surface area contributed by atoms with E-state index in [0.717, 1.165) is 32.1 Å². The molecule has 0 bridgehead atoms. The molecule has 14 heavy (non-hydrogen) atoms. The van der Waals surface area contributed by atoms with Crippen molar-refractivity contribution in [1.82, 2.24) is 0 Å². The minimum absolute atomic E-state index is 0.251. The van der Waals surface area contributed by atoms with Gasteiger partial charge in [0.2, 0.25) is 0 Å². The van der Waals surface area contributed by atoms with Crippen LogP contribution in [0.2, 0.25) is 0 Å². The third-order valence-electron chi connectivity index (χ3n) is 2.99. The highest BCUT2D eigenvalue weighted by Crippen LogP contribution is 2.33. The molecule has 0 fully saturated rings. The van der Waals surface area contributed by atoms with Crippen LogP contribution in [-0.4, -0.2) is 17.9 Å². The predicted molar refractivity (Wildman–Crippen MR) is 55.7 cm³/mol. The average molecular weight is 202 g/mol. The van der Waals surface area contributed by atoms with E-state index in [1.165, 1.54) is 0 Å². The van der Waals surface area contributed by atoms with E-state index in [4.69, 9.17) is 9.84 Å². The van der Waals surface area contributed by atoms with Crippen LogP contribution >= 0.6 is 0 Å². The highest BCUT2D eigenvalue weighted by Gasteiger charge is 2.35. The summed E-state index contributed by atoms with van der Waals surface area (Å²) in [6.45, 7) is 5.59. The molecule has 0 heterocycles. The predicted octanol–water partition coefficient (Wildman–Crippen LogP) is 2.48. The second kappa shape index (κ2) is 6.82. The fourth-order valence-electron chi connectivity index (χ4n) is 1.72. The number of rotatable bonds is 7. The molecule has 0 aliphatic carbocycles. The van der Waals surface area contributed by atoms with E-state index >= 15 is 0 Å². The van der Waals surface area contributed by atoms with Crippen LogP contribution in [0.25, 0.3) is 0 Å². The Labute approximate surface area is 86.5 Å². The van der Waals surface area contributed by atoms with Crippen molar-refractivity contribution in [2.75, 3.05) is 6.79 Å². The van der Waals surface area contributed by atoms with Gasteiger partial charge in [0.1, 0.15) is 0 Å². The van der Waals surface area contributed by atoms with E-state index in [9.17, 15) is 4.79 Å². The van der Waals surface area contributed by atoms with Crippen molar-refractivity contribution >= 4 is 5.97 Å². The molecule has 0 aromatic heterocycles. The van der Waals surface area contributed by atoms with Crippen molar-refractivity contribution in [2.45, 2.75) is 52.9 Å². The Balaban J connectivity index is 4.42. The zero-order chi connectivity index (χ0) is 11.0. The van der Waals surface area contributed by atoms with Crippen molar-refractivity contribution in [2.24, 2.45) is 5.41 Å². The minimum Gasteiger partial charge on any atom is -0.438 e. The van der Waals surface area contributed by atoms with Gasteiger partial charge in [-0.05, 0) is 19.3 Å². The number of carbonyl (C=O) groups is 1. The topological polar surface area (TPSA) is 46.5 Å². The molecule has 0 aliphatic rings. The molecule has 0 atom stereocenters. The van der Waals surface area contributed by atoms with Gasteiger partial charge in [0.05, 0.1) is 5.41 Å². The van der Waals surface area contributed by atoms with E-state index < -0.39 is 6.79 Å². The molecule has 0 aromatic carbocycles. The number of hydrogen-bond donors (Lipinski definition) is 1. The third-order valence-corrected chi connectivity index (χ3v) is 2.99. The maximum Gasteiger partial charge on any atom is 0.314 e. The molecule has 0 unspecified atom stereocenters. The molecule has 0 rings (SSSR count). The van der Waals surface area contributed by atoms with Gasteiger partial charge < -0.3 is 9.84 Å². The van der Waals surface area contributed by atoms with Gasteiger partial charge in [0.25, 0.3) is 0 Å². The Morgan fingerprint density at radius 3 is 2.21 bits per heavy atom. The van der Waals surface area contributed by atoms with Gasteiger partial charge in [-0.25, -0.2) is 0 Å². The van der Waals surface area contributed by atoms with Crippen molar-refractivity contribution < 1.29 is 14.6 Å². The summed E-state index contributed by atoms with van der Waals surface area (Å²) in [5, 5.41) is 8.57. The van der Waals surface area contributed by atoms with Crippen LogP contribution in [0.3, 0.4) is 0 Å². The third kappa shape index (κ3) is 3.29. The molecule has 0 radical (unpaired) electrons. The highest BCUT2D eigenvalue weighted by atomic mass is 16.6. The number of esters is 1. The second-order valence-corrected chi connectivity index (χ2v) is 3.65. The molecule has 0 saturated heterocycles. The smallest absolute Gasteiger partial charge is 0.314 e. The van der Waals surface area contributed by atoms with Crippen molar-refractivity contribution in [1.29, 1.82) is 0 Å². The minimum atomic E-state index is -0.507. The lowest BCUT2D eigenvalue weighted by atomic mass is 9.78. The first kappa shape index (κ1) is 13.4. The summed E-state index contributed by atoms with van der Waals surface area (Å²) in [6.07, 6.45) is 4.52. The van der Waals surface area contributed by atoms with E-state index in [1.54, 1.807) is 0 Å². The molecular formula is C11H22O3. The molecule has 3 nitrogen and oxygen atoms in total. The van der Waals surface area contributed by atoms with Crippen LogP contribution in [0.4, 0.5) is 0 Å². The molecule has 3 heteroatoms. The van der Waals surface area contributed by atoms with Crippen molar-refractivity contribution in [3.63, 3.8) is 0 Å². The monoisotopic (exact) mass is 202 g/mol. The quantitative estimate of drug-likeness (QED) is 0.509. The maximum absolute atomic E-state index is 11.7. The average Bonchev–Trinajstić information content (AvgIpc) is 2.21. The summed E-state index contributed by atoms with van der Waals surface area (Å²) in [5.74, 6) is -0.251. The molecule has 0 saturated carbocycles. The van der Waals surface area contributed by atoms with Crippen LogP contribution in [0.5, 0.6) is 0 Å². The molecular weight excluding hydrogens is 180 g/mol. The molecule has 1 N–H and O–H groups in total. The van der Waals surface area contributed by atoms with Gasteiger partial charge in [-0.15, -0.1) is 0 Å². The number of carbonyl (C=O) groups excluding carboxylic acids is 1. The van der Waals surface area contributed by atoms with Crippen molar-refractivity contribution in [3.05, 3.63) is 0 Å². The first-order valence-electron chi connectivity index (χ1n) is 5.45. The Hall–Kier alpha value is -0.570. The SMILES string of the molecule is CCCCC(CC)(CC)C(=O)OCO. The molecule has 84 valence electrons. The standard InChI is InChI=1S/C11H22O3/c1-4-7-8-11(5-2,6-3)10(13)14-9-12/h12H,4-9H2,1-3H3. The van der Waals surface area contributed by atoms with Crippen LogP contribution < -0.4 is 0 Å². The summed E-state index contributed by atoms with van der Waals surface area (Å²) in [7, 11) is 0. The number of ether oxygens (including phenoxy) is 1. The number of aliphatic hydroxyl groups is 1. The Kier molecular flexibility index (Phi) is 6.54. The normalized spacial score (nSPS) is 11.4. The first-order chi connectivity index (χ1) is 6.66. The fraction of sp³-hybridized carbons (Fsp3) is 0.909.